The Morgan fingerprint density at radius 1 is 1.45 bits per heavy atom. The van der Waals surface area contributed by atoms with Crippen LogP contribution in [0.3, 0.4) is 0 Å². The topological polar surface area (TPSA) is 110 Å². The number of hydrogen-bond donors (Lipinski definition) is 2. The van der Waals surface area contributed by atoms with E-state index in [0.717, 1.165) is 12.8 Å². The summed E-state index contributed by atoms with van der Waals surface area (Å²) in [5.41, 5.74) is 5.74. The van der Waals surface area contributed by atoms with Gasteiger partial charge in [0.05, 0.1) is 4.92 Å². The predicted molar refractivity (Wildman–Crippen MR) is 73.2 cm³/mol. The van der Waals surface area contributed by atoms with E-state index in [4.69, 9.17) is 10.8 Å². The highest BCUT2D eigenvalue weighted by atomic mass is 16.6. The number of anilines is 1. The van der Waals surface area contributed by atoms with Crippen LogP contribution >= 0.6 is 0 Å². The van der Waals surface area contributed by atoms with Crippen LogP contribution in [0.15, 0.2) is 18.2 Å². The van der Waals surface area contributed by atoms with Gasteiger partial charge in [0.1, 0.15) is 5.69 Å². The zero-order chi connectivity index (χ0) is 14.7. The molecule has 1 fully saturated rings. The van der Waals surface area contributed by atoms with Gasteiger partial charge in [-0.15, -0.1) is 0 Å². The number of piperidine rings is 1. The number of nitrogens with two attached hydrogens (primary N) is 1. The molecule has 0 spiro atoms. The highest BCUT2D eigenvalue weighted by Gasteiger charge is 2.24. The molecule has 0 atom stereocenters. The zero-order valence-corrected chi connectivity index (χ0v) is 11.0. The van der Waals surface area contributed by atoms with Crippen molar-refractivity contribution >= 4 is 17.3 Å². The third-order valence-electron chi connectivity index (χ3n) is 3.63. The van der Waals surface area contributed by atoms with Crippen LogP contribution in [0.1, 0.15) is 23.2 Å². The van der Waals surface area contributed by atoms with E-state index in [0.29, 0.717) is 18.7 Å². The minimum Gasteiger partial charge on any atom is -0.396 e. The van der Waals surface area contributed by atoms with E-state index in [1.54, 1.807) is 4.90 Å². The van der Waals surface area contributed by atoms with Gasteiger partial charge in [-0.3, -0.25) is 14.9 Å². The Kier molecular flexibility index (Phi) is 4.19. The molecule has 1 aromatic rings. The van der Waals surface area contributed by atoms with E-state index < -0.39 is 4.92 Å². The summed E-state index contributed by atoms with van der Waals surface area (Å²) in [7, 11) is 0. The van der Waals surface area contributed by atoms with Crippen molar-refractivity contribution < 1.29 is 14.8 Å². The number of carbonyl (C=O) groups is 1. The van der Waals surface area contributed by atoms with E-state index >= 15 is 0 Å². The van der Waals surface area contributed by atoms with Crippen molar-refractivity contribution in [1.29, 1.82) is 0 Å². The molecule has 108 valence electrons. The van der Waals surface area contributed by atoms with Gasteiger partial charge >= 0.3 is 0 Å². The van der Waals surface area contributed by atoms with Gasteiger partial charge in [0.2, 0.25) is 0 Å². The second kappa shape index (κ2) is 5.87. The number of carbonyl (C=O) groups excluding carboxylic acids is 1. The molecule has 0 saturated carbocycles. The van der Waals surface area contributed by atoms with Gasteiger partial charge < -0.3 is 15.7 Å². The molecule has 1 aromatic carbocycles. The first kappa shape index (κ1) is 14.3. The van der Waals surface area contributed by atoms with Crippen LogP contribution in [-0.4, -0.2) is 40.5 Å². The fourth-order valence-electron chi connectivity index (χ4n) is 2.36. The number of nitrogens with zero attached hydrogens (tertiary/aromatic N) is 2. The standard InChI is InChI=1S/C13H17N3O4/c14-11-7-10(1-2-12(11)16(19)20)13(18)15-5-3-9(8-17)4-6-15/h1-2,7,9,17H,3-6,8,14H2. The monoisotopic (exact) mass is 279 g/mol. The Bertz CT molecular complexity index is 524. The van der Waals surface area contributed by atoms with E-state index in [2.05, 4.69) is 0 Å². The number of rotatable bonds is 3. The Balaban J connectivity index is 2.10. The normalized spacial score (nSPS) is 16.1. The smallest absolute Gasteiger partial charge is 0.292 e. The third-order valence-corrected chi connectivity index (χ3v) is 3.63. The van der Waals surface area contributed by atoms with Crippen LogP contribution in [0.4, 0.5) is 11.4 Å². The predicted octanol–water partition coefficient (Wildman–Crippen LogP) is 1.02. The lowest BCUT2D eigenvalue weighted by Crippen LogP contribution is -2.39. The highest BCUT2D eigenvalue weighted by molar-refractivity contribution is 5.95. The van der Waals surface area contributed by atoms with Crippen LogP contribution in [0, 0.1) is 16.0 Å². The van der Waals surface area contributed by atoms with Crippen LogP contribution in [-0.2, 0) is 0 Å². The summed E-state index contributed by atoms with van der Waals surface area (Å²) >= 11 is 0. The van der Waals surface area contributed by atoms with E-state index in [9.17, 15) is 14.9 Å². The molecule has 0 radical (unpaired) electrons. The Hall–Kier alpha value is -2.15. The van der Waals surface area contributed by atoms with Gasteiger partial charge in [0, 0.05) is 31.3 Å². The molecule has 7 heteroatoms. The van der Waals surface area contributed by atoms with Crippen LogP contribution < -0.4 is 5.73 Å². The van der Waals surface area contributed by atoms with Crippen molar-refractivity contribution in [3.63, 3.8) is 0 Å². The first-order valence-electron chi connectivity index (χ1n) is 6.47. The lowest BCUT2D eigenvalue weighted by molar-refractivity contribution is -0.383. The van der Waals surface area contributed by atoms with Crippen molar-refractivity contribution in [2.24, 2.45) is 5.92 Å². The molecule has 1 amide bonds. The SMILES string of the molecule is Nc1cc(C(=O)N2CCC(CO)CC2)ccc1[N+](=O)[O-]. The van der Waals surface area contributed by atoms with Gasteiger partial charge in [-0.05, 0) is 30.9 Å². The van der Waals surface area contributed by atoms with Gasteiger partial charge in [-0.25, -0.2) is 0 Å². The lowest BCUT2D eigenvalue weighted by atomic mass is 9.97. The van der Waals surface area contributed by atoms with Gasteiger partial charge in [-0.2, -0.15) is 0 Å². The molecule has 3 N–H and O–H groups in total. The number of aliphatic hydroxyl groups excluding tert-OH is 1. The van der Waals surface area contributed by atoms with Gasteiger partial charge in [-0.1, -0.05) is 0 Å². The van der Waals surface area contributed by atoms with Crippen LogP contribution in [0.25, 0.3) is 0 Å². The summed E-state index contributed by atoms with van der Waals surface area (Å²) in [6.45, 7) is 1.31. The second-order valence-electron chi connectivity index (χ2n) is 4.95. The number of aliphatic hydroxyl groups is 1. The molecule has 0 unspecified atom stereocenters. The molecule has 20 heavy (non-hydrogen) atoms. The fourth-order valence-corrected chi connectivity index (χ4v) is 2.36. The number of nitrogen functional groups attached to an aromatic ring is 1. The molecule has 0 bridgehead atoms. The maximum absolute atomic E-state index is 12.3. The van der Waals surface area contributed by atoms with E-state index in [1.165, 1.54) is 18.2 Å². The second-order valence-corrected chi connectivity index (χ2v) is 4.95. The Morgan fingerprint density at radius 3 is 2.60 bits per heavy atom. The maximum Gasteiger partial charge on any atom is 0.292 e. The number of hydrogen-bond acceptors (Lipinski definition) is 5. The third kappa shape index (κ3) is 2.88. The van der Waals surface area contributed by atoms with Crippen molar-refractivity contribution in [3.05, 3.63) is 33.9 Å². The molecule has 0 aliphatic carbocycles. The number of nitro benzene ring substituents is 1. The number of likely N-dealkylation sites (tertiary alicyclic amines) is 1. The fraction of sp³-hybridized carbons (Fsp3) is 0.462. The summed E-state index contributed by atoms with van der Waals surface area (Å²) in [5.74, 6) is 0.0731. The average molecular weight is 279 g/mol. The van der Waals surface area contributed by atoms with E-state index in [1.807, 2.05) is 0 Å². The molecular weight excluding hydrogens is 262 g/mol. The summed E-state index contributed by atoms with van der Waals surface area (Å²) < 4.78 is 0. The van der Waals surface area contributed by atoms with Crippen molar-refractivity contribution in [2.75, 3.05) is 25.4 Å². The van der Waals surface area contributed by atoms with Gasteiger partial charge in [0.25, 0.3) is 11.6 Å². The molecule has 7 nitrogen and oxygen atoms in total. The summed E-state index contributed by atoms with van der Waals surface area (Å²) in [4.78, 5) is 24.1. The number of benzene rings is 1. The minimum absolute atomic E-state index is 0.00825. The van der Waals surface area contributed by atoms with Crippen molar-refractivity contribution in [3.8, 4) is 0 Å². The maximum atomic E-state index is 12.3. The largest absolute Gasteiger partial charge is 0.396 e. The quantitative estimate of drug-likeness (QED) is 0.487. The highest BCUT2D eigenvalue weighted by Crippen LogP contribution is 2.24. The first-order valence-corrected chi connectivity index (χ1v) is 6.47. The first-order chi connectivity index (χ1) is 9.52. The molecule has 2 rings (SSSR count). The average Bonchev–Trinajstić information content (AvgIpc) is 2.46. The van der Waals surface area contributed by atoms with Crippen molar-refractivity contribution in [2.45, 2.75) is 12.8 Å². The molecule has 0 aromatic heterocycles. The van der Waals surface area contributed by atoms with Gasteiger partial charge in [0.15, 0.2) is 0 Å². The summed E-state index contributed by atoms with van der Waals surface area (Å²) in [6, 6.07) is 4.02. The lowest BCUT2D eigenvalue weighted by Gasteiger charge is -2.31. The minimum atomic E-state index is -0.573. The summed E-state index contributed by atoms with van der Waals surface area (Å²) in [6.07, 6.45) is 1.54. The number of nitro groups is 1. The molecule has 1 saturated heterocycles. The Labute approximate surface area is 116 Å². The van der Waals surface area contributed by atoms with Crippen LogP contribution in [0.2, 0.25) is 0 Å². The molecule has 1 aliphatic rings. The van der Waals surface area contributed by atoms with Crippen LogP contribution in [0.5, 0.6) is 0 Å². The van der Waals surface area contributed by atoms with E-state index in [-0.39, 0.29) is 29.8 Å². The molecule has 1 aliphatic heterocycles. The molecule has 1 heterocycles. The molecular formula is C13H17N3O4. The summed E-state index contributed by atoms with van der Waals surface area (Å²) in [5, 5.41) is 19.7. The van der Waals surface area contributed by atoms with Crippen molar-refractivity contribution in [1.82, 2.24) is 4.90 Å². The Morgan fingerprint density at radius 2 is 2.10 bits per heavy atom. The number of amides is 1. The zero-order valence-electron chi connectivity index (χ0n) is 11.0.